The smallest absolute Gasteiger partial charge is 0.0470 e. The summed E-state index contributed by atoms with van der Waals surface area (Å²) in [5.74, 6) is 0.660. The maximum Gasteiger partial charge on any atom is 0.0470 e. The van der Waals surface area contributed by atoms with Crippen LogP contribution in [0, 0.1) is 0 Å². The van der Waals surface area contributed by atoms with Crippen molar-refractivity contribution < 1.29 is 0 Å². The van der Waals surface area contributed by atoms with E-state index in [0.717, 1.165) is 0 Å². The van der Waals surface area contributed by atoms with Gasteiger partial charge in [0.05, 0.1) is 0 Å². The molecule has 2 aliphatic rings. The quantitative estimate of drug-likeness (QED) is 0.154. The lowest BCUT2D eigenvalue weighted by molar-refractivity contribution is 0.443. The summed E-state index contributed by atoms with van der Waals surface area (Å²) in [7, 11) is 0. The van der Waals surface area contributed by atoms with Gasteiger partial charge >= 0.3 is 0 Å². The van der Waals surface area contributed by atoms with Crippen LogP contribution in [0.15, 0.2) is 146 Å². The number of anilines is 3. The van der Waals surface area contributed by atoms with Crippen molar-refractivity contribution in [2.45, 2.75) is 162 Å². The second-order valence-corrected chi connectivity index (χ2v) is 25.1. The summed E-state index contributed by atoms with van der Waals surface area (Å²) in [6.07, 6.45) is 6.64. The third-order valence-electron chi connectivity index (χ3n) is 15.4. The van der Waals surface area contributed by atoms with Crippen LogP contribution in [0.25, 0.3) is 44.5 Å². The number of hydrogen-bond acceptors (Lipinski definition) is 1. The van der Waals surface area contributed by atoms with E-state index in [1.165, 1.54) is 133 Å². The SMILES string of the molecule is CC(C)(C)c1cc(-c2ccc(-c3cc(N(c4ccc(C5CCCCC5)cc4)c4ccc5c(c4)C(C)(C)c4ccccc4-5)cc(C(C)(C)C)c3)cc2)cc(-c2cc(C(C)(C)C)cc(C(C)(C)C)c2)c1. The van der Waals surface area contributed by atoms with E-state index in [1.807, 2.05) is 0 Å². The van der Waals surface area contributed by atoms with Gasteiger partial charge in [-0.2, -0.15) is 0 Å². The molecule has 1 saturated carbocycles. The summed E-state index contributed by atoms with van der Waals surface area (Å²) in [6, 6.07) is 57.1. The highest BCUT2D eigenvalue weighted by molar-refractivity contribution is 5.87. The Kier molecular flexibility index (Phi) is 12.1. The van der Waals surface area contributed by atoms with Crippen LogP contribution in [0.2, 0.25) is 0 Å². The van der Waals surface area contributed by atoms with Crippen LogP contribution >= 0.6 is 0 Å². The molecule has 2 aliphatic carbocycles. The zero-order chi connectivity index (χ0) is 48.6. The molecule has 0 atom stereocenters. The third kappa shape index (κ3) is 9.40. The molecule has 0 unspecified atom stereocenters. The van der Waals surface area contributed by atoms with Crippen molar-refractivity contribution in [3.63, 3.8) is 0 Å². The lowest BCUT2D eigenvalue weighted by atomic mass is 9.78. The molecule has 0 N–H and O–H groups in total. The highest BCUT2D eigenvalue weighted by atomic mass is 15.1. The van der Waals surface area contributed by atoms with Gasteiger partial charge in [-0.15, -0.1) is 0 Å². The van der Waals surface area contributed by atoms with Crippen molar-refractivity contribution in [3.8, 4) is 44.5 Å². The molecule has 1 nitrogen and oxygen atoms in total. The Hall–Kier alpha value is -5.66. The Morgan fingerprint density at radius 2 is 0.809 bits per heavy atom. The van der Waals surface area contributed by atoms with Gasteiger partial charge in [0.2, 0.25) is 0 Å². The van der Waals surface area contributed by atoms with Crippen molar-refractivity contribution in [3.05, 3.63) is 185 Å². The lowest BCUT2D eigenvalue weighted by Gasteiger charge is -2.31. The summed E-state index contributed by atoms with van der Waals surface area (Å²) >= 11 is 0. The van der Waals surface area contributed by atoms with Gasteiger partial charge in [-0.3, -0.25) is 0 Å². The molecule has 0 radical (unpaired) electrons. The van der Waals surface area contributed by atoms with Crippen LogP contribution in [-0.2, 0) is 27.1 Å². The zero-order valence-corrected chi connectivity index (χ0v) is 43.9. The number of fused-ring (bicyclic) bond motifs is 3. The second-order valence-electron chi connectivity index (χ2n) is 25.1. The Morgan fingerprint density at radius 1 is 0.368 bits per heavy atom. The molecule has 0 aromatic heterocycles. The van der Waals surface area contributed by atoms with Gasteiger partial charge in [-0.25, -0.2) is 0 Å². The van der Waals surface area contributed by atoms with E-state index in [0.29, 0.717) is 5.92 Å². The van der Waals surface area contributed by atoms with Gasteiger partial charge in [-0.1, -0.05) is 219 Å². The maximum atomic E-state index is 2.52. The minimum Gasteiger partial charge on any atom is -0.310 e. The Balaban J connectivity index is 1.15. The van der Waals surface area contributed by atoms with Crippen molar-refractivity contribution in [1.29, 1.82) is 0 Å². The second kappa shape index (κ2) is 17.4. The normalized spacial score (nSPS) is 15.3. The molecule has 0 heterocycles. The summed E-state index contributed by atoms with van der Waals surface area (Å²) in [5, 5.41) is 0. The van der Waals surface area contributed by atoms with Gasteiger partial charge in [-0.05, 0) is 166 Å². The highest BCUT2D eigenvalue weighted by Crippen LogP contribution is 2.51. The fourth-order valence-electron chi connectivity index (χ4n) is 10.9. The average Bonchev–Trinajstić information content (AvgIpc) is 3.53. The molecule has 68 heavy (non-hydrogen) atoms. The fourth-order valence-corrected chi connectivity index (χ4v) is 10.9. The Labute approximate surface area is 411 Å². The van der Waals surface area contributed by atoms with Crippen LogP contribution in [0.5, 0.6) is 0 Å². The lowest BCUT2D eigenvalue weighted by Crippen LogP contribution is -2.17. The third-order valence-corrected chi connectivity index (χ3v) is 15.4. The molecule has 0 aliphatic heterocycles. The maximum absolute atomic E-state index is 2.52. The topological polar surface area (TPSA) is 3.24 Å². The van der Waals surface area contributed by atoms with Gasteiger partial charge in [0, 0.05) is 22.5 Å². The Morgan fingerprint density at radius 3 is 1.35 bits per heavy atom. The van der Waals surface area contributed by atoms with Gasteiger partial charge < -0.3 is 4.90 Å². The number of nitrogens with zero attached hydrogens (tertiary/aromatic N) is 1. The first-order valence-electron chi connectivity index (χ1n) is 25.7. The molecule has 1 fully saturated rings. The summed E-state index contributed by atoms with van der Waals surface area (Å²) in [4.78, 5) is 2.52. The molecule has 0 spiro atoms. The molecule has 7 aromatic rings. The van der Waals surface area contributed by atoms with E-state index in [9.17, 15) is 0 Å². The molecule has 1 heteroatoms. The minimum absolute atomic E-state index is 0.0103. The highest BCUT2D eigenvalue weighted by Gasteiger charge is 2.36. The Bertz CT molecular complexity index is 2930. The van der Waals surface area contributed by atoms with Crippen LogP contribution in [-0.4, -0.2) is 0 Å². The van der Waals surface area contributed by atoms with Crippen molar-refractivity contribution >= 4 is 17.1 Å². The van der Waals surface area contributed by atoms with E-state index < -0.39 is 0 Å². The van der Waals surface area contributed by atoms with E-state index in [4.69, 9.17) is 0 Å². The van der Waals surface area contributed by atoms with E-state index in [-0.39, 0.29) is 27.1 Å². The van der Waals surface area contributed by atoms with E-state index >= 15 is 0 Å². The predicted molar refractivity (Wildman–Crippen MR) is 296 cm³/mol. The van der Waals surface area contributed by atoms with Crippen LogP contribution in [0.4, 0.5) is 17.1 Å². The molecule has 7 aromatic carbocycles. The van der Waals surface area contributed by atoms with Gasteiger partial charge in [0.15, 0.2) is 0 Å². The summed E-state index contributed by atoms with van der Waals surface area (Å²) in [6.45, 7) is 32.8. The van der Waals surface area contributed by atoms with Gasteiger partial charge in [0.25, 0.3) is 0 Å². The molecule has 0 amide bonds. The van der Waals surface area contributed by atoms with Crippen LogP contribution in [0.3, 0.4) is 0 Å². The first-order valence-corrected chi connectivity index (χ1v) is 25.7. The molecule has 9 rings (SSSR count). The average molecular weight is 896 g/mol. The zero-order valence-electron chi connectivity index (χ0n) is 43.9. The fraction of sp³-hybridized carbons (Fsp3) is 0.373. The predicted octanol–water partition coefficient (Wildman–Crippen LogP) is 19.7. The van der Waals surface area contributed by atoms with Gasteiger partial charge in [0.1, 0.15) is 0 Å². The molecule has 0 bridgehead atoms. The monoisotopic (exact) mass is 896 g/mol. The van der Waals surface area contributed by atoms with Crippen LogP contribution in [0.1, 0.15) is 174 Å². The van der Waals surface area contributed by atoms with Crippen molar-refractivity contribution in [2.75, 3.05) is 4.90 Å². The summed E-state index contributed by atoms with van der Waals surface area (Å²) < 4.78 is 0. The van der Waals surface area contributed by atoms with E-state index in [1.54, 1.807) is 0 Å². The largest absolute Gasteiger partial charge is 0.310 e. The van der Waals surface area contributed by atoms with Crippen LogP contribution < -0.4 is 4.90 Å². The first kappa shape index (κ1) is 47.4. The standard InChI is InChI=1S/C67H77N/c1-63(2,3)52-35-48(34-49(36-52)50-37-53(64(4,5)6)41-54(38-50)65(7,8)9)46-24-26-47(27-25-46)51-39-55(66(10,11)12)42-58(40-51)68(56-30-28-45(29-31-56)44-20-16-15-17-21-44)57-32-33-60-59-22-18-19-23-61(59)67(13,14)62(60)43-57/h18-19,22-44H,15-17,20-21H2,1-14H3. The number of rotatable bonds is 7. The number of hydrogen-bond donors (Lipinski definition) is 0. The first-order chi connectivity index (χ1) is 31.9. The molecule has 350 valence electrons. The minimum atomic E-state index is -0.0996. The molecular weight excluding hydrogens is 819 g/mol. The summed E-state index contributed by atoms with van der Waals surface area (Å²) in [5.41, 5.74) is 23.4. The van der Waals surface area contributed by atoms with E-state index in [2.05, 4.69) is 247 Å². The number of benzene rings is 7. The van der Waals surface area contributed by atoms with Crippen molar-refractivity contribution in [2.24, 2.45) is 0 Å². The molecular formula is C67H77N. The van der Waals surface area contributed by atoms with Crippen molar-refractivity contribution in [1.82, 2.24) is 0 Å². The molecule has 0 saturated heterocycles.